The minimum Gasteiger partial charge on any atom is -0.507 e. The number of aryl methyl sites for hydroxylation is 1. The number of anilines is 1. The predicted molar refractivity (Wildman–Crippen MR) is 459 cm³/mol. The molecule has 0 aromatic heterocycles. The number of benzene rings is 10. The summed E-state index contributed by atoms with van der Waals surface area (Å²) in [5, 5.41) is 65.6. The van der Waals surface area contributed by atoms with Gasteiger partial charge in [0.05, 0.1) is 50.7 Å². The van der Waals surface area contributed by atoms with E-state index < -0.39 is 51.4 Å². The van der Waals surface area contributed by atoms with Crippen LogP contribution in [0.2, 0.25) is 0 Å². The molecular weight excluding hydrogens is 1620 g/mol. The highest BCUT2D eigenvalue weighted by atomic mass is 32.2. The minimum absolute atomic E-state index is 0.0598. The molecule has 121 heavy (non-hydrogen) atoms. The Balaban J connectivity index is 0.000000178. The third-order valence-corrected chi connectivity index (χ3v) is 22.6. The fourth-order valence-corrected chi connectivity index (χ4v) is 15.9. The van der Waals surface area contributed by atoms with Crippen molar-refractivity contribution in [2.24, 2.45) is 15.3 Å². The predicted octanol–water partition coefficient (Wildman–Crippen LogP) is 16.3. The number of aliphatic hydroxyl groups excluding tert-OH is 1. The minimum atomic E-state index is -0.733. The van der Waals surface area contributed by atoms with Crippen molar-refractivity contribution in [2.75, 3.05) is 53.1 Å². The van der Waals surface area contributed by atoms with Crippen LogP contribution in [0.3, 0.4) is 0 Å². The van der Waals surface area contributed by atoms with Crippen LogP contribution in [0, 0.1) is 17.5 Å². The molecule has 4 atom stereocenters. The molecule has 3 heterocycles. The Bertz CT molecular complexity index is 5460. The van der Waals surface area contributed by atoms with Crippen molar-refractivity contribution < 1.29 is 90.8 Å². The lowest BCUT2D eigenvalue weighted by atomic mass is 10.0. The number of aliphatic hydroxyl groups is 1. The summed E-state index contributed by atoms with van der Waals surface area (Å²) in [6, 6.07) is 58.7. The van der Waals surface area contributed by atoms with Crippen molar-refractivity contribution in [3.8, 4) is 51.7 Å². The number of halogens is 3. The van der Waals surface area contributed by atoms with E-state index in [1.165, 1.54) is 150 Å². The Kier molecular flexibility index (Phi) is 30.6. The summed E-state index contributed by atoms with van der Waals surface area (Å²) in [6.45, 7) is 8.81. The number of ether oxygens (including phenoxy) is 6. The molecule has 0 saturated heterocycles. The molecule has 0 saturated carbocycles. The van der Waals surface area contributed by atoms with Crippen LogP contribution >= 0.6 is 35.3 Å². The molecular formula is C90H88F3N9O16S3. The first-order valence-corrected chi connectivity index (χ1v) is 40.9. The van der Waals surface area contributed by atoms with E-state index in [9.17, 15) is 62.4 Å². The third-order valence-electron chi connectivity index (χ3n) is 19.0. The number of rotatable bonds is 29. The molecule has 628 valence electrons. The highest BCUT2D eigenvalue weighted by molar-refractivity contribution is 8.15. The van der Waals surface area contributed by atoms with Crippen molar-refractivity contribution >= 4 is 91.5 Å². The Hall–Kier alpha value is -13.0. The van der Waals surface area contributed by atoms with Gasteiger partial charge in [0.15, 0.2) is 54.3 Å². The van der Waals surface area contributed by atoms with Crippen LogP contribution in [0.25, 0.3) is 0 Å². The monoisotopic (exact) mass is 1700 g/mol. The van der Waals surface area contributed by atoms with Crippen LogP contribution in [0.15, 0.2) is 240 Å². The van der Waals surface area contributed by atoms with E-state index in [0.717, 1.165) is 19.3 Å². The first-order chi connectivity index (χ1) is 58.4. The van der Waals surface area contributed by atoms with Gasteiger partial charge >= 0.3 is 0 Å². The number of hydrogen-bond donors (Lipinski definition) is 7. The van der Waals surface area contributed by atoms with Gasteiger partial charge in [0.25, 0.3) is 35.4 Å². The van der Waals surface area contributed by atoms with E-state index in [1.54, 1.807) is 127 Å². The van der Waals surface area contributed by atoms with E-state index in [4.69, 9.17) is 28.4 Å². The molecule has 10 aromatic carbocycles. The molecule has 0 spiro atoms. The normalized spacial score (nSPS) is 14.9. The molecule has 3 aliphatic heterocycles. The van der Waals surface area contributed by atoms with E-state index in [-0.39, 0.29) is 95.3 Å². The number of carbonyl (C=O) groups excluding carboxylic acids is 6. The number of aromatic hydroxyl groups is 3. The van der Waals surface area contributed by atoms with Crippen LogP contribution in [0.1, 0.15) is 140 Å². The summed E-state index contributed by atoms with van der Waals surface area (Å²) in [5.41, 5.74) is 5.22. The summed E-state index contributed by atoms with van der Waals surface area (Å²) in [4.78, 5) is 78.4. The Morgan fingerprint density at radius 1 is 0.446 bits per heavy atom. The first-order valence-electron chi connectivity index (χ1n) is 38.2. The van der Waals surface area contributed by atoms with Crippen molar-refractivity contribution in [1.82, 2.24) is 25.7 Å². The zero-order valence-corrected chi connectivity index (χ0v) is 69.5. The Labute approximate surface area is 709 Å². The van der Waals surface area contributed by atoms with Gasteiger partial charge in [-0.1, -0.05) is 147 Å². The summed E-state index contributed by atoms with van der Waals surface area (Å²) < 4.78 is 75.3. The molecule has 6 amide bonds. The molecule has 0 bridgehead atoms. The smallest absolute Gasteiger partial charge is 0.279 e. The summed E-state index contributed by atoms with van der Waals surface area (Å²) in [5.74, 6) is -2.53. The van der Waals surface area contributed by atoms with Crippen LogP contribution in [0.5, 0.6) is 51.7 Å². The summed E-state index contributed by atoms with van der Waals surface area (Å²) in [7, 11) is 4.39. The fourth-order valence-electron chi connectivity index (χ4n) is 12.4. The summed E-state index contributed by atoms with van der Waals surface area (Å²) >= 11 is 3.78. The molecule has 4 unspecified atom stereocenters. The zero-order valence-electron chi connectivity index (χ0n) is 67.1. The fraction of sp³-hybridized carbons (Fsp3) is 0.233. The van der Waals surface area contributed by atoms with Gasteiger partial charge in [0, 0.05) is 44.6 Å². The van der Waals surface area contributed by atoms with E-state index in [2.05, 4.69) is 38.2 Å². The van der Waals surface area contributed by atoms with Crippen molar-refractivity contribution in [2.45, 2.75) is 88.0 Å². The van der Waals surface area contributed by atoms with Crippen LogP contribution < -0.4 is 44.4 Å². The second-order valence-corrected chi connectivity index (χ2v) is 31.0. The molecule has 13 rings (SSSR count). The highest BCUT2D eigenvalue weighted by Gasteiger charge is 2.42. The van der Waals surface area contributed by atoms with Gasteiger partial charge in [0.2, 0.25) is 0 Å². The summed E-state index contributed by atoms with van der Waals surface area (Å²) in [6.07, 6.45) is 3.34. The quantitative estimate of drug-likeness (QED) is 0.0229. The lowest BCUT2D eigenvalue weighted by Crippen LogP contribution is -2.44. The Morgan fingerprint density at radius 3 is 1.10 bits per heavy atom. The first kappa shape index (κ1) is 88.8. The highest BCUT2D eigenvalue weighted by Crippen LogP contribution is 2.52. The number of phenols is 3. The van der Waals surface area contributed by atoms with Crippen LogP contribution in [-0.2, 0) is 20.8 Å². The number of hydrogen-bond acceptors (Lipinski definition) is 22. The topological polar surface area (TPSA) is 322 Å². The molecule has 7 N–H and O–H groups in total. The lowest BCUT2D eigenvalue weighted by Gasteiger charge is -2.25. The van der Waals surface area contributed by atoms with Gasteiger partial charge in [-0.3, -0.25) is 28.8 Å². The lowest BCUT2D eigenvalue weighted by molar-refractivity contribution is -0.125. The van der Waals surface area contributed by atoms with Gasteiger partial charge in [-0.05, 0) is 178 Å². The average molecular weight is 1700 g/mol. The maximum absolute atomic E-state index is 13.7. The number of phenolic OH excluding ortho intramolecular Hbond substituents is 3. The van der Waals surface area contributed by atoms with Crippen LogP contribution in [0.4, 0.5) is 18.9 Å². The third kappa shape index (κ3) is 22.3. The molecule has 0 fully saturated rings. The number of carbonyl (C=O) groups is 6. The molecule has 10 aromatic rings. The van der Waals surface area contributed by atoms with Gasteiger partial charge in [-0.25, -0.2) is 28.2 Å². The number of para-hydroxylation sites is 6. The number of methoxy groups -OCH3 is 3. The number of nitrogens with one attached hydrogen (secondary N) is 3. The van der Waals surface area contributed by atoms with E-state index in [0.29, 0.717) is 89.4 Å². The van der Waals surface area contributed by atoms with Crippen molar-refractivity contribution in [3.05, 3.63) is 298 Å². The van der Waals surface area contributed by atoms with Gasteiger partial charge in [-0.15, -0.1) is 0 Å². The molecule has 25 nitrogen and oxygen atoms in total. The Morgan fingerprint density at radius 2 is 0.785 bits per heavy atom. The van der Waals surface area contributed by atoms with Crippen molar-refractivity contribution in [1.29, 1.82) is 0 Å². The van der Waals surface area contributed by atoms with E-state index >= 15 is 0 Å². The second kappa shape index (κ2) is 41.6. The number of hydrazone groups is 3. The van der Waals surface area contributed by atoms with Gasteiger partial charge in [0.1, 0.15) is 66.0 Å². The van der Waals surface area contributed by atoms with Gasteiger partial charge in [-0.2, -0.15) is 15.3 Å². The largest absolute Gasteiger partial charge is 0.507 e. The SMILES string of the molecule is CCC(C)(C)NC(=O)COc1cccc(C2SC(c3ccc(F)cc3)=NN2C(=O)c2ccccc2O)c1OC.CCC(CO)NC(=O)COc1cccc(C2SC(c3ccc(F)cc3)=NN2C(=O)c2ccccc2O)c1OC.CCCc1ccc(NC(=O)COc2cccc(C3SC(c4ccc(F)cc4)=NN3C(=O)c3ccccc3O)c2OC)cc1. The van der Waals surface area contributed by atoms with Crippen molar-refractivity contribution in [3.63, 3.8) is 0 Å². The van der Waals surface area contributed by atoms with Gasteiger partial charge < -0.3 is 64.8 Å². The standard InChI is InChI=1S/C33H30FN3O5S.C29H30FN3O5S.C28H28FN3O6S/c1-3-7-21-12-18-24(19-13-21)35-29(39)20-42-28-11-6-9-26(30(28)41-2)33-37(32(40)25-8-4-5-10-27(25)38)36-31(43-33)22-14-16-23(34)17-15-22;1-5-29(2,3)31-24(35)17-38-23-12-8-10-21(25(23)37-4)28-33(27(36)20-9-6-7-11-22(20)34)32-26(39-28)18-13-15-19(30)16-14-18;1-3-19(15-33)30-24(35)16-38-23-10-6-8-21(25(23)37-2)28-32(27(36)20-7-4-5-9-22(20)34)31-26(39-28)17-11-13-18(29)14-12-17/h4-6,8-19,33,38H,3,7,20H2,1-2H3,(H,35,39);6-16,28,34H,5,17H2,1-4H3,(H,31,35);4-14,19,28,33-34H,3,15-16H2,1-2H3,(H,30,35). The molecule has 0 aliphatic carbocycles. The molecule has 0 radical (unpaired) electrons. The zero-order chi connectivity index (χ0) is 86.4. The number of thioether (sulfide) groups is 3. The average Bonchev–Trinajstić information content (AvgIpc) is 1.67. The van der Waals surface area contributed by atoms with Crippen LogP contribution in [-0.4, -0.2) is 145 Å². The maximum atomic E-state index is 13.7. The maximum Gasteiger partial charge on any atom is 0.279 e. The number of amides is 6. The second-order valence-electron chi connectivity index (χ2n) is 27.8. The van der Waals surface area contributed by atoms with E-state index in [1.807, 2.05) is 52.0 Å². The molecule has 3 aliphatic rings. The molecule has 31 heteroatoms. The number of nitrogens with zero attached hydrogens (tertiary/aromatic N) is 6.